The minimum atomic E-state index is -0.575. The first-order chi connectivity index (χ1) is 17.2. The third-order valence-corrected chi connectivity index (χ3v) is 6.47. The van der Waals surface area contributed by atoms with Gasteiger partial charge in [0.25, 0.3) is 0 Å². The summed E-state index contributed by atoms with van der Waals surface area (Å²) in [6.45, 7) is 6.75. The van der Waals surface area contributed by atoms with Crippen molar-refractivity contribution in [3.05, 3.63) is 82.7 Å². The molecule has 0 bridgehead atoms. The maximum atomic E-state index is 13.7. The van der Waals surface area contributed by atoms with Crippen LogP contribution in [0.2, 0.25) is 0 Å². The molecule has 4 rings (SSSR count). The Labute approximate surface area is 211 Å². The molecule has 2 aliphatic rings. The molecule has 188 valence electrons. The fourth-order valence-corrected chi connectivity index (χ4v) is 5.06. The Morgan fingerprint density at radius 2 is 1.72 bits per heavy atom. The highest BCUT2D eigenvalue weighted by Gasteiger charge is 2.45. The Morgan fingerprint density at radius 3 is 2.36 bits per heavy atom. The molecule has 0 saturated carbocycles. The van der Waals surface area contributed by atoms with Gasteiger partial charge in [0.2, 0.25) is 0 Å². The fraction of sp³-hybridized carbons (Fsp3) is 0.345. The van der Waals surface area contributed by atoms with Crippen LogP contribution in [0.25, 0.3) is 0 Å². The van der Waals surface area contributed by atoms with Crippen LogP contribution in [0.5, 0.6) is 11.5 Å². The van der Waals surface area contributed by atoms with Gasteiger partial charge in [0.1, 0.15) is 17.3 Å². The van der Waals surface area contributed by atoms with Crippen LogP contribution in [0.3, 0.4) is 0 Å². The Balaban J connectivity index is 1.80. The summed E-state index contributed by atoms with van der Waals surface area (Å²) in [5.74, 6) is -1.00. The van der Waals surface area contributed by atoms with Gasteiger partial charge >= 0.3 is 11.9 Å². The van der Waals surface area contributed by atoms with Crippen LogP contribution in [-0.2, 0) is 19.1 Å². The van der Waals surface area contributed by atoms with E-state index >= 15 is 0 Å². The summed E-state index contributed by atoms with van der Waals surface area (Å²) in [6, 6.07) is 14.6. The van der Waals surface area contributed by atoms with Gasteiger partial charge in [0.15, 0.2) is 0 Å². The van der Waals surface area contributed by atoms with Crippen LogP contribution in [0.1, 0.15) is 57.1 Å². The van der Waals surface area contributed by atoms with E-state index < -0.39 is 23.8 Å². The van der Waals surface area contributed by atoms with Gasteiger partial charge in [0.05, 0.1) is 24.7 Å². The summed E-state index contributed by atoms with van der Waals surface area (Å²) in [5, 5.41) is 3.34. The molecule has 0 fully saturated rings. The quantitative estimate of drug-likeness (QED) is 0.461. The molecule has 2 aromatic rings. The van der Waals surface area contributed by atoms with Crippen molar-refractivity contribution in [2.45, 2.75) is 52.1 Å². The lowest BCUT2D eigenvalue weighted by atomic mass is 9.68. The van der Waals surface area contributed by atoms with Crippen LogP contribution < -0.4 is 14.8 Å². The van der Waals surface area contributed by atoms with E-state index in [2.05, 4.69) is 11.4 Å². The Morgan fingerprint density at radius 1 is 1.03 bits per heavy atom. The lowest BCUT2D eigenvalue weighted by Crippen LogP contribution is -2.42. The third-order valence-electron chi connectivity index (χ3n) is 6.47. The van der Waals surface area contributed by atoms with Gasteiger partial charge < -0.3 is 19.5 Å². The number of fused-ring (bicyclic) bond motifs is 1. The number of carbonyl (C=O) groups excluding carboxylic acids is 3. The molecular weight excluding hydrogens is 458 g/mol. The molecular formula is C29H31NO6. The van der Waals surface area contributed by atoms with E-state index in [4.69, 9.17) is 14.2 Å². The van der Waals surface area contributed by atoms with Gasteiger partial charge in [-0.3, -0.25) is 9.59 Å². The Hall–Kier alpha value is -3.87. The highest BCUT2D eigenvalue weighted by Crippen LogP contribution is 2.47. The molecule has 0 amide bonds. The van der Waals surface area contributed by atoms with E-state index in [9.17, 15) is 14.4 Å². The predicted octanol–water partition coefficient (Wildman–Crippen LogP) is 4.79. The van der Waals surface area contributed by atoms with Gasteiger partial charge in [-0.05, 0) is 44.5 Å². The zero-order valence-corrected chi connectivity index (χ0v) is 21.2. The van der Waals surface area contributed by atoms with Crippen molar-refractivity contribution in [2.24, 2.45) is 5.92 Å². The van der Waals surface area contributed by atoms with E-state index in [-0.39, 0.29) is 24.2 Å². The first kappa shape index (κ1) is 25.2. The van der Waals surface area contributed by atoms with E-state index in [1.165, 1.54) is 6.92 Å². The molecule has 0 saturated heterocycles. The molecule has 1 aliphatic heterocycles. The summed E-state index contributed by atoms with van der Waals surface area (Å²) in [5.41, 5.74) is 3.54. The number of Topliss-reactive ketones (excluding diaryl/α,β-unsaturated/α-hetero) is 1. The smallest absolute Gasteiger partial charge is 0.336 e. The Kier molecular flexibility index (Phi) is 7.29. The van der Waals surface area contributed by atoms with Crippen molar-refractivity contribution in [3.63, 3.8) is 0 Å². The largest absolute Gasteiger partial charge is 0.496 e. The zero-order chi connectivity index (χ0) is 26.0. The van der Waals surface area contributed by atoms with Crippen LogP contribution in [0.15, 0.2) is 71.6 Å². The van der Waals surface area contributed by atoms with Crippen molar-refractivity contribution in [1.82, 2.24) is 5.32 Å². The molecule has 3 unspecified atom stereocenters. The molecule has 0 spiro atoms. The number of methoxy groups -OCH3 is 1. The normalized spacial score (nSPS) is 21.3. The van der Waals surface area contributed by atoms with Crippen molar-refractivity contribution >= 4 is 17.7 Å². The second-order valence-electron chi connectivity index (χ2n) is 9.38. The third kappa shape index (κ3) is 5.05. The predicted molar refractivity (Wildman–Crippen MR) is 134 cm³/mol. The lowest BCUT2D eigenvalue weighted by Gasteiger charge is -2.39. The summed E-state index contributed by atoms with van der Waals surface area (Å²) in [6.07, 6.45) is 2.04. The van der Waals surface area contributed by atoms with Crippen molar-refractivity contribution in [3.8, 4) is 11.5 Å². The van der Waals surface area contributed by atoms with Gasteiger partial charge in [-0.25, -0.2) is 4.79 Å². The standard InChI is InChI=1S/C29H31NO6/c1-16(2)35-29(33)26-17(3)30-23-14-20(22-8-6-7-9-25(22)34-5)15-24(32)28(23)27(26)19-10-12-21(13-11-19)36-18(4)31/h6-14,16,20,27-28,30H,15H2,1-5H3. The zero-order valence-electron chi connectivity index (χ0n) is 21.2. The summed E-state index contributed by atoms with van der Waals surface area (Å²) < 4.78 is 16.3. The molecule has 1 N–H and O–H groups in total. The summed E-state index contributed by atoms with van der Waals surface area (Å²) >= 11 is 0. The first-order valence-electron chi connectivity index (χ1n) is 12.0. The Bertz CT molecular complexity index is 1240. The van der Waals surface area contributed by atoms with Crippen LogP contribution >= 0.6 is 0 Å². The number of esters is 2. The summed E-state index contributed by atoms with van der Waals surface area (Å²) in [7, 11) is 1.62. The minimum Gasteiger partial charge on any atom is -0.496 e. The molecule has 0 radical (unpaired) electrons. The van der Waals surface area contributed by atoms with Gasteiger partial charge in [-0.2, -0.15) is 0 Å². The highest BCUT2D eigenvalue weighted by molar-refractivity contribution is 5.96. The molecule has 36 heavy (non-hydrogen) atoms. The number of rotatable bonds is 6. The SMILES string of the molecule is COc1ccccc1C1C=C2NC(C)=C(C(=O)OC(C)C)C(c3ccc(OC(C)=O)cc3)C2C(=O)C1. The van der Waals surface area contributed by atoms with Crippen LogP contribution in [0, 0.1) is 5.92 Å². The van der Waals surface area contributed by atoms with Crippen molar-refractivity contribution in [2.75, 3.05) is 7.11 Å². The van der Waals surface area contributed by atoms with Gasteiger partial charge in [0, 0.05) is 42.1 Å². The minimum absolute atomic E-state index is 0.0207. The number of ether oxygens (including phenoxy) is 3. The molecule has 1 heterocycles. The number of ketones is 1. The molecule has 7 heteroatoms. The van der Waals surface area contributed by atoms with E-state index in [0.29, 0.717) is 17.0 Å². The second kappa shape index (κ2) is 10.4. The topological polar surface area (TPSA) is 90.9 Å². The average Bonchev–Trinajstić information content (AvgIpc) is 2.82. The first-order valence-corrected chi connectivity index (χ1v) is 12.0. The van der Waals surface area contributed by atoms with Crippen LogP contribution in [0.4, 0.5) is 0 Å². The van der Waals surface area contributed by atoms with Crippen molar-refractivity contribution in [1.29, 1.82) is 0 Å². The molecule has 7 nitrogen and oxygen atoms in total. The second-order valence-corrected chi connectivity index (χ2v) is 9.38. The maximum absolute atomic E-state index is 13.7. The van der Waals surface area contributed by atoms with E-state index in [0.717, 1.165) is 22.6 Å². The molecule has 1 aliphatic carbocycles. The monoisotopic (exact) mass is 489 g/mol. The molecule has 0 aromatic heterocycles. The number of allylic oxidation sites excluding steroid dienone is 3. The highest BCUT2D eigenvalue weighted by atomic mass is 16.5. The lowest BCUT2D eigenvalue weighted by molar-refractivity contribution is -0.143. The number of hydrogen-bond donors (Lipinski definition) is 1. The van der Waals surface area contributed by atoms with E-state index in [1.54, 1.807) is 45.2 Å². The van der Waals surface area contributed by atoms with Gasteiger partial charge in [-0.1, -0.05) is 36.4 Å². The number of nitrogens with one attached hydrogen (secondary N) is 1. The van der Waals surface area contributed by atoms with Gasteiger partial charge in [-0.15, -0.1) is 0 Å². The van der Waals surface area contributed by atoms with E-state index in [1.807, 2.05) is 31.2 Å². The number of para-hydroxylation sites is 1. The fourth-order valence-electron chi connectivity index (χ4n) is 5.06. The molecule has 3 atom stereocenters. The average molecular weight is 490 g/mol. The molecule has 2 aromatic carbocycles. The number of hydrogen-bond acceptors (Lipinski definition) is 7. The van der Waals surface area contributed by atoms with Crippen molar-refractivity contribution < 1.29 is 28.6 Å². The number of carbonyl (C=O) groups is 3. The maximum Gasteiger partial charge on any atom is 0.336 e. The van der Waals surface area contributed by atoms with Crippen LogP contribution in [-0.4, -0.2) is 30.9 Å². The number of benzene rings is 2. The summed E-state index contributed by atoms with van der Waals surface area (Å²) in [4.78, 5) is 38.3.